The Hall–Kier alpha value is -2.53. The number of para-hydroxylation sites is 1. The first-order chi connectivity index (χ1) is 13.8. The summed E-state index contributed by atoms with van der Waals surface area (Å²) in [5.41, 5.74) is 2.24. The van der Waals surface area contributed by atoms with Crippen molar-refractivity contribution in [2.75, 3.05) is 20.2 Å². The first-order valence-electron chi connectivity index (χ1n) is 10.1. The average molecular weight is 382 g/mol. The van der Waals surface area contributed by atoms with Crippen LogP contribution in [0, 0.1) is 0 Å². The summed E-state index contributed by atoms with van der Waals surface area (Å²) in [4.78, 5) is 4.31. The highest BCUT2D eigenvalue weighted by Gasteiger charge is 2.18. The number of aliphatic hydroxyl groups is 1. The number of nitrogens with one attached hydrogen (secondary N) is 2. The summed E-state index contributed by atoms with van der Waals surface area (Å²) in [6.07, 6.45) is 5.15. The molecule has 28 heavy (non-hydrogen) atoms. The molecule has 0 spiro atoms. The van der Waals surface area contributed by atoms with E-state index in [0.717, 1.165) is 29.7 Å². The minimum atomic E-state index is 0.0257. The Labute approximate surface area is 167 Å². The van der Waals surface area contributed by atoms with Gasteiger partial charge in [0, 0.05) is 31.6 Å². The molecule has 5 heteroatoms. The molecule has 1 aliphatic carbocycles. The zero-order valence-corrected chi connectivity index (χ0v) is 16.6. The molecular formula is C23H31N3O2. The Kier molecular flexibility index (Phi) is 7.73. The van der Waals surface area contributed by atoms with Gasteiger partial charge in [-0.05, 0) is 37.3 Å². The molecule has 150 valence electrons. The van der Waals surface area contributed by atoms with Crippen molar-refractivity contribution < 1.29 is 9.84 Å². The first kappa shape index (κ1) is 20.2. The van der Waals surface area contributed by atoms with Crippen LogP contribution in [0.3, 0.4) is 0 Å². The third kappa shape index (κ3) is 5.73. The molecule has 3 rings (SSSR count). The topological polar surface area (TPSA) is 65.9 Å². The van der Waals surface area contributed by atoms with E-state index >= 15 is 0 Å². The second-order valence-corrected chi connectivity index (χ2v) is 7.23. The summed E-state index contributed by atoms with van der Waals surface area (Å²) in [7, 11) is 1.76. The van der Waals surface area contributed by atoms with Gasteiger partial charge in [-0.15, -0.1) is 0 Å². The van der Waals surface area contributed by atoms with Crippen molar-refractivity contribution in [3.05, 3.63) is 65.7 Å². The lowest BCUT2D eigenvalue weighted by Gasteiger charge is -2.19. The molecule has 1 aliphatic rings. The van der Waals surface area contributed by atoms with E-state index in [1.54, 1.807) is 7.05 Å². The van der Waals surface area contributed by atoms with Crippen LogP contribution in [0.4, 0.5) is 0 Å². The van der Waals surface area contributed by atoms with Gasteiger partial charge in [0.2, 0.25) is 0 Å². The summed E-state index contributed by atoms with van der Waals surface area (Å²) < 4.78 is 6.21. The fourth-order valence-corrected chi connectivity index (χ4v) is 3.58. The highest BCUT2D eigenvalue weighted by Crippen LogP contribution is 2.26. The number of hydrogen-bond donors (Lipinski definition) is 3. The van der Waals surface area contributed by atoms with Crippen molar-refractivity contribution in [2.45, 2.75) is 44.2 Å². The summed E-state index contributed by atoms with van der Waals surface area (Å²) in [6.45, 7) is 1.34. The molecular weight excluding hydrogens is 350 g/mol. The maximum Gasteiger partial charge on any atom is 0.191 e. The lowest BCUT2D eigenvalue weighted by molar-refractivity contribution is 0.208. The fourth-order valence-electron chi connectivity index (χ4n) is 3.58. The minimum absolute atomic E-state index is 0.0257. The van der Waals surface area contributed by atoms with Gasteiger partial charge in [0.1, 0.15) is 5.75 Å². The second kappa shape index (κ2) is 10.7. The van der Waals surface area contributed by atoms with Crippen molar-refractivity contribution in [3.63, 3.8) is 0 Å². The van der Waals surface area contributed by atoms with Crippen LogP contribution in [0.15, 0.2) is 59.6 Å². The van der Waals surface area contributed by atoms with E-state index < -0.39 is 0 Å². The van der Waals surface area contributed by atoms with Crippen molar-refractivity contribution >= 4 is 5.96 Å². The van der Waals surface area contributed by atoms with Crippen LogP contribution in [-0.2, 0) is 6.54 Å². The lowest BCUT2D eigenvalue weighted by Crippen LogP contribution is -2.39. The SMILES string of the molecule is CN=C(NCc1ccccc1OC1CCCC1)NCC(CO)c1ccccc1. The molecule has 5 nitrogen and oxygen atoms in total. The Balaban J connectivity index is 1.54. The van der Waals surface area contributed by atoms with Gasteiger partial charge < -0.3 is 20.5 Å². The van der Waals surface area contributed by atoms with Crippen LogP contribution in [0.25, 0.3) is 0 Å². The van der Waals surface area contributed by atoms with Gasteiger partial charge in [0.15, 0.2) is 5.96 Å². The highest BCUT2D eigenvalue weighted by molar-refractivity contribution is 5.79. The first-order valence-corrected chi connectivity index (χ1v) is 10.1. The van der Waals surface area contributed by atoms with Crippen molar-refractivity contribution in [1.82, 2.24) is 10.6 Å². The van der Waals surface area contributed by atoms with Gasteiger partial charge in [0.05, 0.1) is 12.7 Å². The normalized spacial score (nSPS) is 16.0. The third-order valence-electron chi connectivity index (χ3n) is 5.25. The van der Waals surface area contributed by atoms with E-state index in [1.807, 2.05) is 48.5 Å². The van der Waals surface area contributed by atoms with E-state index in [0.29, 0.717) is 25.2 Å². The number of ether oxygens (including phenoxy) is 1. The standard InChI is InChI=1S/C23H31N3O2/c1-24-23(26-16-20(17-27)18-9-3-2-4-10-18)25-15-19-11-5-8-14-22(19)28-21-12-6-7-13-21/h2-5,8-11,14,20-21,27H,6-7,12-13,15-17H2,1H3,(H2,24,25,26). The zero-order chi connectivity index (χ0) is 19.6. The monoisotopic (exact) mass is 381 g/mol. The number of guanidine groups is 1. The van der Waals surface area contributed by atoms with E-state index in [4.69, 9.17) is 4.74 Å². The molecule has 1 fully saturated rings. The van der Waals surface area contributed by atoms with Crippen molar-refractivity contribution in [2.24, 2.45) is 4.99 Å². The lowest BCUT2D eigenvalue weighted by atomic mass is 10.0. The van der Waals surface area contributed by atoms with Crippen molar-refractivity contribution in [3.8, 4) is 5.75 Å². The average Bonchev–Trinajstić information content (AvgIpc) is 3.25. The van der Waals surface area contributed by atoms with Crippen LogP contribution >= 0.6 is 0 Å². The Morgan fingerprint density at radius 1 is 1.07 bits per heavy atom. The molecule has 2 aromatic rings. The van der Waals surface area contributed by atoms with E-state index in [-0.39, 0.29) is 12.5 Å². The Morgan fingerprint density at radius 3 is 2.50 bits per heavy atom. The molecule has 0 amide bonds. The van der Waals surface area contributed by atoms with Gasteiger partial charge in [0.25, 0.3) is 0 Å². The summed E-state index contributed by atoms with van der Waals surface area (Å²) in [5, 5.41) is 16.4. The maximum atomic E-state index is 9.73. The summed E-state index contributed by atoms with van der Waals surface area (Å²) >= 11 is 0. The molecule has 0 bridgehead atoms. The maximum absolute atomic E-state index is 9.73. The molecule has 0 heterocycles. The van der Waals surface area contributed by atoms with Gasteiger partial charge in [-0.3, -0.25) is 4.99 Å². The third-order valence-corrected chi connectivity index (χ3v) is 5.25. The fraction of sp³-hybridized carbons (Fsp3) is 0.435. The largest absolute Gasteiger partial charge is 0.490 e. The molecule has 0 saturated heterocycles. The molecule has 1 atom stereocenters. The van der Waals surface area contributed by atoms with E-state index in [9.17, 15) is 5.11 Å². The Morgan fingerprint density at radius 2 is 1.79 bits per heavy atom. The highest BCUT2D eigenvalue weighted by atomic mass is 16.5. The summed E-state index contributed by atoms with van der Waals surface area (Å²) in [5.74, 6) is 1.69. The van der Waals surface area contributed by atoms with Gasteiger partial charge in [-0.2, -0.15) is 0 Å². The van der Waals surface area contributed by atoms with Gasteiger partial charge >= 0.3 is 0 Å². The smallest absolute Gasteiger partial charge is 0.191 e. The van der Waals surface area contributed by atoms with Crippen LogP contribution < -0.4 is 15.4 Å². The van der Waals surface area contributed by atoms with Crippen LogP contribution in [0.2, 0.25) is 0 Å². The Bertz CT molecular complexity index is 743. The minimum Gasteiger partial charge on any atom is -0.490 e. The van der Waals surface area contributed by atoms with Crippen LogP contribution in [-0.4, -0.2) is 37.4 Å². The van der Waals surface area contributed by atoms with Crippen molar-refractivity contribution in [1.29, 1.82) is 0 Å². The second-order valence-electron chi connectivity index (χ2n) is 7.23. The molecule has 0 radical (unpaired) electrons. The van der Waals surface area contributed by atoms with E-state index in [1.165, 1.54) is 12.8 Å². The van der Waals surface area contributed by atoms with Gasteiger partial charge in [-0.25, -0.2) is 0 Å². The number of rotatable bonds is 8. The number of aliphatic hydroxyl groups excluding tert-OH is 1. The van der Waals surface area contributed by atoms with Crippen LogP contribution in [0.5, 0.6) is 5.75 Å². The quantitative estimate of drug-likeness (QED) is 0.484. The number of aliphatic imine (C=N–C) groups is 1. The molecule has 0 aromatic heterocycles. The molecule has 1 unspecified atom stereocenters. The summed E-state index contributed by atoms with van der Waals surface area (Å²) in [6, 6.07) is 18.2. The molecule has 2 aromatic carbocycles. The number of nitrogens with zero attached hydrogens (tertiary/aromatic N) is 1. The zero-order valence-electron chi connectivity index (χ0n) is 16.6. The molecule has 3 N–H and O–H groups in total. The molecule has 0 aliphatic heterocycles. The predicted molar refractivity (Wildman–Crippen MR) is 114 cm³/mol. The van der Waals surface area contributed by atoms with Gasteiger partial charge in [-0.1, -0.05) is 48.5 Å². The predicted octanol–water partition coefficient (Wildman–Crippen LogP) is 3.45. The molecule has 1 saturated carbocycles. The number of benzene rings is 2. The number of hydrogen-bond acceptors (Lipinski definition) is 3. The van der Waals surface area contributed by atoms with E-state index in [2.05, 4.69) is 21.7 Å². The van der Waals surface area contributed by atoms with Crippen LogP contribution in [0.1, 0.15) is 42.7 Å².